The van der Waals surface area contributed by atoms with E-state index in [2.05, 4.69) is 5.32 Å². The smallest absolute Gasteiger partial charge is 0.410 e. The molecule has 0 bridgehead atoms. The molecule has 2 rings (SSSR count). The fourth-order valence-electron chi connectivity index (χ4n) is 2.82. The first-order valence-corrected chi connectivity index (χ1v) is 7.75. The van der Waals surface area contributed by atoms with Gasteiger partial charge in [0, 0.05) is 32.7 Å². The Morgan fingerprint density at radius 3 is 2.29 bits per heavy atom. The Bertz CT molecular complexity index is 397. The van der Waals surface area contributed by atoms with Crippen LogP contribution in [0.15, 0.2) is 0 Å². The van der Waals surface area contributed by atoms with Gasteiger partial charge < -0.3 is 19.9 Å². The summed E-state index contributed by atoms with van der Waals surface area (Å²) in [4.78, 5) is 27.4. The van der Waals surface area contributed by atoms with Crippen molar-refractivity contribution >= 4 is 12.0 Å². The average molecular weight is 297 g/mol. The van der Waals surface area contributed by atoms with Gasteiger partial charge in [0.1, 0.15) is 5.60 Å². The Hall–Kier alpha value is -1.30. The predicted molar refractivity (Wildman–Crippen MR) is 80.0 cm³/mol. The highest BCUT2D eigenvalue weighted by atomic mass is 16.6. The molecule has 1 N–H and O–H groups in total. The second kappa shape index (κ2) is 6.22. The minimum Gasteiger partial charge on any atom is -0.444 e. The number of likely N-dealkylation sites (tertiary alicyclic amines) is 2. The third kappa shape index (κ3) is 4.33. The van der Waals surface area contributed by atoms with Crippen molar-refractivity contribution in [1.82, 2.24) is 15.1 Å². The largest absolute Gasteiger partial charge is 0.444 e. The Labute approximate surface area is 126 Å². The van der Waals surface area contributed by atoms with Crippen LogP contribution in [0.25, 0.3) is 0 Å². The molecule has 0 aromatic carbocycles. The highest BCUT2D eigenvalue weighted by Crippen LogP contribution is 2.17. The molecule has 1 unspecified atom stereocenters. The summed E-state index contributed by atoms with van der Waals surface area (Å²) in [6, 6.07) is 0.261. The van der Waals surface area contributed by atoms with E-state index in [1.165, 1.54) is 0 Å². The van der Waals surface area contributed by atoms with Crippen LogP contribution >= 0.6 is 0 Å². The lowest BCUT2D eigenvalue weighted by Gasteiger charge is -2.34. The molecule has 0 radical (unpaired) electrons. The highest BCUT2D eigenvalue weighted by Gasteiger charge is 2.33. The Morgan fingerprint density at radius 2 is 1.81 bits per heavy atom. The minimum atomic E-state index is -0.451. The standard InChI is InChI=1S/C15H27N3O3/c1-15(2,3)21-14(20)18-9-5-11(6-10-18)16-12-7-8-17(4)13(12)19/h11-12,16H,5-10H2,1-4H3. The third-order valence-electron chi connectivity index (χ3n) is 4.01. The Kier molecular flexibility index (Phi) is 4.76. The van der Waals surface area contributed by atoms with Gasteiger partial charge in [0.15, 0.2) is 0 Å². The van der Waals surface area contributed by atoms with Crippen LogP contribution < -0.4 is 5.32 Å². The average Bonchev–Trinajstić information content (AvgIpc) is 2.69. The zero-order valence-electron chi connectivity index (χ0n) is 13.5. The van der Waals surface area contributed by atoms with Gasteiger partial charge in [-0.2, -0.15) is 0 Å². The molecule has 6 nitrogen and oxygen atoms in total. The first-order valence-electron chi connectivity index (χ1n) is 7.75. The number of rotatable bonds is 2. The number of carbonyl (C=O) groups excluding carboxylic acids is 2. The van der Waals surface area contributed by atoms with Crippen LogP contribution in [0, 0.1) is 0 Å². The van der Waals surface area contributed by atoms with Crippen LogP contribution in [0.2, 0.25) is 0 Å². The van der Waals surface area contributed by atoms with Crippen molar-refractivity contribution in [3.63, 3.8) is 0 Å². The maximum Gasteiger partial charge on any atom is 0.410 e. The minimum absolute atomic E-state index is 0.0481. The second-order valence-corrected chi connectivity index (χ2v) is 7.01. The van der Waals surface area contributed by atoms with Crippen molar-refractivity contribution < 1.29 is 14.3 Å². The summed E-state index contributed by atoms with van der Waals surface area (Å²) >= 11 is 0. The molecule has 0 aliphatic carbocycles. The van der Waals surface area contributed by atoms with Gasteiger partial charge in [-0.15, -0.1) is 0 Å². The molecule has 1 atom stereocenters. The van der Waals surface area contributed by atoms with E-state index in [1.54, 1.807) is 9.80 Å². The lowest BCUT2D eigenvalue weighted by Crippen LogP contribution is -2.50. The van der Waals surface area contributed by atoms with Crippen LogP contribution in [0.5, 0.6) is 0 Å². The fraction of sp³-hybridized carbons (Fsp3) is 0.867. The van der Waals surface area contributed by atoms with Crippen LogP contribution in [0.1, 0.15) is 40.0 Å². The third-order valence-corrected chi connectivity index (χ3v) is 4.01. The van der Waals surface area contributed by atoms with Gasteiger partial charge in [-0.25, -0.2) is 4.79 Å². The number of carbonyl (C=O) groups is 2. The molecule has 2 heterocycles. The summed E-state index contributed by atoms with van der Waals surface area (Å²) in [6.45, 7) is 7.82. The summed E-state index contributed by atoms with van der Waals surface area (Å²) in [5.41, 5.74) is -0.451. The monoisotopic (exact) mass is 297 g/mol. The first-order chi connectivity index (χ1) is 9.76. The lowest BCUT2D eigenvalue weighted by molar-refractivity contribution is -0.128. The quantitative estimate of drug-likeness (QED) is 0.832. The number of likely N-dealkylation sites (N-methyl/N-ethyl adjacent to an activating group) is 1. The van der Waals surface area contributed by atoms with Crippen LogP contribution in [-0.4, -0.2) is 66.2 Å². The SMILES string of the molecule is CN1CCC(NC2CCN(C(=O)OC(C)(C)C)CC2)C1=O. The van der Waals surface area contributed by atoms with Gasteiger partial charge >= 0.3 is 6.09 Å². The molecular weight excluding hydrogens is 270 g/mol. The van der Waals surface area contributed by atoms with Crippen molar-refractivity contribution in [1.29, 1.82) is 0 Å². The highest BCUT2D eigenvalue weighted by molar-refractivity contribution is 5.83. The summed E-state index contributed by atoms with van der Waals surface area (Å²) in [6.07, 6.45) is 2.37. The molecular formula is C15H27N3O3. The van der Waals surface area contributed by atoms with Crippen LogP contribution in [0.3, 0.4) is 0 Å². The molecule has 0 spiro atoms. The van der Waals surface area contributed by atoms with Crippen molar-refractivity contribution in [2.75, 3.05) is 26.7 Å². The van der Waals surface area contributed by atoms with E-state index < -0.39 is 5.60 Å². The number of nitrogens with one attached hydrogen (secondary N) is 1. The molecule has 6 heteroatoms. The van der Waals surface area contributed by atoms with Gasteiger partial charge in [0.25, 0.3) is 0 Å². The molecule has 0 aromatic rings. The summed E-state index contributed by atoms with van der Waals surface area (Å²) in [7, 11) is 1.84. The normalized spacial score (nSPS) is 24.6. The maximum atomic E-state index is 12.0. The molecule has 120 valence electrons. The maximum absolute atomic E-state index is 12.0. The van der Waals surface area contributed by atoms with Crippen molar-refractivity contribution in [2.24, 2.45) is 0 Å². The van der Waals surface area contributed by atoms with Gasteiger partial charge in [-0.1, -0.05) is 0 Å². The summed E-state index contributed by atoms with van der Waals surface area (Å²) in [5.74, 6) is 0.185. The van der Waals surface area contributed by atoms with E-state index in [1.807, 2.05) is 27.8 Å². The van der Waals surface area contributed by atoms with Crippen molar-refractivity contribution in [2.45, 2.75) is 57.7 Å². The van der Waals surface area contributed by atoms with Crippen molar-refractivity contribution in [3.8, 4) is 0 Å². The lowest BCUT2D eigenvalue weighted by atomic mass is 10.0. The summed E-state index contributed by atoms with van der Waals surface area (Å²) in [5, 5.41) is 3.44. The van der Waals surface area contributed by atoms with E-state index in [0.29, 0.717) is 19.1 Å². The number of ether oxygens (including phenoxy) is 1. The Balaban J connectivity index is 1.76. The molecule has 21 heavy (non-hydrogen) atoms. The van der Waals surface area contributed by atoms with E-state index >= 15 is 0 Å². The molecule has 0 aromatic heterocycles. The van der Waals surface area contributed by atoms with Gasteiger partial charge in [0.2, 0.25) is 5.91 Å². The Morgan fingerprint density at radius 1 is 1.19 bits per heavy atom. The summed E-state index contributed by atoms with van der Waals surface area (Å²) < 4.78 is 5.38. The zero-order chi connectivity index (χ0) is 15.6. The van der Waals surface area contributed by atoms with Gasteiger partial charge in [-0.05, 0) is 40.0 Å². The predicted octanol–water partition coefficient (Wildman–Crippen LogP) is 1.21. The number of hydrogen-bond acceptors (Lipinski definition) is 4. The molecule has 2 aliphatic rings. The fourth-order valence-corrected chi connectivity index (χ4v) is 2.82. The number of nitrogens with zero attached hydrogens (tertiary/aromatic N) is 2. The van der Waals surface area contributed by atoms with Crippen molar-refractivity contribution in [3.05, 3.63) is 0 Å². The van der Waals surface area contributed by atoms with E-state index in [9.17, 15) is 9.59 Å². The zero-order valence-corrected chi connectivity index (χ0v) is 13.5. The van der Waals surface area contributed by atoms with Gasteiger partial charge in [0.05, 0.1) is 6.04 Å². The van der Waals surface area contributed by atoms with E-state index in [4.69, 9.17) is 4.74 Å². The molecule has 0 saturated carbocycles. The molecule has 2 amide bonds. The van der Waals surface area contributed by atoms with Gasteiger partial charge in [-0.3, -0.25) is 4.79 Å². The molecule has 2 aliphatic heterocycles. The van der Waals surface area contributed by atoms with Crippen LogP contribution in [0.4, 0.5) is 4.79 Å². The van der Waals surface area contributed by atoms with E-state index in [-0.39, 0.29) is 18.0 Å². The molecule has 2 saturated heterocycles. The van der Waals surface area contributed by atoms with Crippen LogP contribution in [-0.2, 0) is 9.53 Å². The topological polar surface area (TPSA) is 61.9 Å². The van der Waals surface area contributed by atoms with E-state index in [0.717, 1.165) is 25.8 Å². The number of amides is 2. The first kappa shape index (κ1) is 16.1. The molecule has 2 fully saturated rings. The number of hydrogen-bond donors (Lipinski definition) is 1. The second-order valence-electron chi connectivity index (χ2n) is 7.01. The number of piperidine rings is 1.